The van der Waals surface area contributed by atoms with Crippen LogP contribution in [-0.2, 0) is 0 Å². The van der Waals surface area contributed by atoms with Crippen LogP contribution in [-0.4, -0.2) is 17.3 Å². The summed E-state index contributed by atoms with van der Waals surface area (Å²) in [5.74, 6) is -0.0827. The molecule has 0 atom stereocenters. The Morgan fingerprint density at radius 2 is 1.89 bits per heavy atom. The number of carbonyl (C=O) groups excluding carboxylic acids is 1. The van der Waals surface area contributed by atoms with Gasteiger partial charge in [0, 0.05) is 16.0 Å². The highest BCUT2D eigenvalue weighted by molar-refractivity contribution is 7.98. The fourth-order valence-corrected chi connectivity index (χ4v) is 2.36. The molecule has 0 heterocycles. The van der Waals surface area contributed by atoms with E-state index in [1.807, 2.05) is 30.5 Å². The van der Waals surface area contributed by atoms with Crippen molar-refractivity contribution in [1.82, 2.24) is 0 Å². The molecule has 0 radical (unpaired) electrons. The number of anilines is 1. The summed E-state index contributed by atoms with van der Waals surface area (Å²) in [4.78, 5) is 13.2. The Morgan fingerprint density at radius 3 is 2.63 bits per heavy atom. The van der Waals surface area contributed by atoms with E-state index in [9.17, 15) is 9.90 Å². The molecule has 0 unspecified atom stereocenters. The van der Waals surface area contributed by atoms with Gasteiger partial charge in [-0.1, -0.05) is 18.2 Å². The summed E-state index contributed by atoms with van der Waals surface area (Å²) in [5.41, 5.74) is 1.85. The van der Waals surface area contributed by atoms with Gasteiger partial charge >= 0.3 is 0 Å². The van der Waals surface area contributed by atoms with Crippen LogP contribution in [0.2, 0.25) is 0 Å². The third-order valence-electron chi connectivity index (χ3n) is 2.91. The first-order chi connectivity index (χ1) is 9.13. The number of para-hydroxylation sites is 1. The number of hydrogen-bond acceptors (Lipinski definition) is 3. The van der Waals surface area contributed by atoms with Crippen LogP contribution in [0, 0.1) is 6.92 Å². The molecule has 3 nitrogen and oxygen atoms in total. The second-order valence-corrected chi connectivity index (χ2v) is 4.95. The molecule has 2 aromatic carbocycles. The monoisotopic (exact) mass is 273 g/mol. The number of amides is 1. The van der Waals surface area contributed by atoms with Crippen LogP contribution < -0.4 is 5.32 Å². The number of rotatable bonds is 3. The second kappa shape index (κ2) is 5.80. The van der Waals surface area contributed by atoms with Gasteiger partial charge in [-0.25, -0.2) is 0 Å². The number of benzene rings is 2. The first kappa shape index (κ1) is 13.5. The van der Waals surface area contributed by atoms with Gasteiger partial charge in [-0.15, -0.1) is 11.8 Å². The number of thioether (sulfide) groups is 1. The van der Waals surface area contributed by atoms with Crippen molar-refractivity contribution < 1.29 is 9.90 Å². The molecule has 2 rings (SSSR count). The Morgan fingerprint density at radius 1 is 1.16 bits per heavy atom. The maximum Gasteiger partial charge on any atom is 0.256 e. The van der Waals surface area contributed by atoms with Gasteiger partial charge in [0.05, 0.1) is 5.69 Å². The number of phenols is 1. The minimum Gasteiger partial charge on any atom is -0.508 e. The number of carbonyl (C=O) groups is 1. The molecule has 19 heavy (non-hydrogen) atoms. The van der Waals surface area contributed by atoms with E-state index in [0.29, 0.717) is 11.1 Å². The van der Waals surface area contributed by atoms with Crippen molar-refractivity contribution in [2.75, 3.05) is 11.6 Å². The van der Waals surface area contributed by atoms with E-state index in [1.165, 1.54) is 0 Å². The minimum atomic E-state index is -0.213. The van der Waals surface area contributed by atoms with Crippen LogP contribution in [0.25, 0.3) is 0 Å². The van der Waals surface area contributed by atoms with E-state index in [-0.39, 0.29) is 11.7 Å². The number of hydrogen-bond donors (Lipinski definition) is 2. The Kier molecular flexibility index (Phi) is 4.12. The molecule has 0 aliphatic heterocycles. The normalized spacial score (nSPS) is 10.2. The summed E-state index contributed by atoms with van der Waals surface area (Å²) < 4.78 is 0. The molecule has 0 fully saturated rings. The van der Waals surface area contributed by atoms with Crippen LogP contribution in [0.4, 0.5) is 5.69 Å². The average Bonchev–Trinajstić information content (AvgIpc) is 2.42. The van der Waals surface area contributed by atoms with Gasteiger partial charge in [0.1, 0.15) is 5.75 Å². The second-order valence-electron chi connectivity index (χ2n) is 4.10. The third-order valence-corrected chi connectivity index (χ3v) is 3.70. The van der Waals surface area contributed by atoms with Gasteiger partial charge in [-0.2, -0.15) is 0 Å². The van der Waals surface area contributed by atoms with Gasteiger partial charge in [0.2, 0.25) is 0 Å². The number of phenolic OH excluding ortho intramolecular Hbond substituents is 1. The molecule has 0 aliphatic rings. The quantitative estimate of drug-likeness (QED) is 0.839. The summed E-state index contributed by atoms with van der Waals surface area (Å²) in [6.07, 6.45) is 1.96. The summed E-state index contributed by atoms with van der Waals surface area (Å²) in [6, 6.07) is 12.6. The van der Waals surface area contributed by atoms with Crippen molar-refractivity contribution in [1.29, 1.82) is 0 Å². The lowest BCUT2D eigenvalue weighted by atomic mass is 10.1. The van der Waals surface area contributed by atoms with E-state index >= 15 is 0 Å². The highest BCUT2D eigenvalue weighted by atomic mass is 32.2. The highest BCUT2D eigenvalue weighted by Gasteiger charge is 2.12. The molecule has 2 aromatic rings. The standard InChI is InChI=1S/C15H15NO2S/c1-10-11(6-5-8-13(10)17)15(18)16-12-7-3-4-9-14(12)19-2/h3-9,17H,1-2H3,(H,16,18). The highest BCUT2D eigenvalue weighted by Crippen LogP contribution is 2.26. The zero-order chi connectivity index (χ0) is 13.8. The molecular weight excluding hydrogens is 258 g/mol. The molecule has 98 valence electrons. The van der Waals surface area contributed by atoms with Gasteiger partial charge in [0.15, 0.2) is 0 Å². The van der Waals surface area contributed by atoms with Gasteiger partial charge in [-0.05, 0) is 37.4 Å². The largest absolute Gasteiger partial charge is 0.508 e. The molecule has 2 N–H and O–H groups in total. The molecule has 0 saturated carbocycles. The fraction of sp³-hybridized carbons (Fsp3) is 0.133. The minimum absolute atomic E-state index is 0.130. The Hall–Kier alpha value is -1.94. The lowest BCUT2D eigenvalue weighted by Crippen LogP contribution is -2.13. The van der Waals surface area contributed by atoms with Gasteiger partial charge < -0.3 is 10.4 Å². The molecule has 0 aromatic heterocycles. The van der Waals surface area contributed by atoms with Crippen molar-refractivity contribution in [3.05, 3.63) is 53.6 Å². The average molecular weight is 273 g/mol. The Balaban J connectivity index is 2.28. The van der Waals surface area contributed by atoms with Crippen molar-refractivity contribution >= 4 is 23.4 Å². The zero-order valence-corrected chi connectivity index (χ0v) is 11.6. The van der Waals surface area contributed by atoms with Gasteiger partial charge in [-0.3, -0.25) is 4.79 Å². The van der Waals surface area contributed by atoms with Crippen LogP contribution in [0.3, 0.4) is 0 Å². The molecule has 0 spiro atoms. The number of nitrogens with one attached hydrogen (secondary N) is 1. The summed E-state index contributed by atoms with van der Waals surface area (Å²) in [6.45, 7) is 1.73. The topological polar surface area (TPSA) is 49.3 Å². The lowest BCUT2D eigenvalue weighted by Gasteiger charge is -2.11. The van der Waals surface area contributed by atoms with E-state index in [1.54, 1.807) is 36.9 Å². The van der Waals surface area contributed by atoms with Crippen LogP contribution in [0.15, 0.2) is 47.4 Å². The summed E-state index contributed by atoms with van der Waals surface area (Å²) >= 11 is 1.58. The Labute approximate surface area is 116 Å². The smallest absolute Gasteiger partial charge is 0.256 e. The fourth-order valence-electron chi connectivity index (χ4n) is 1.81. The molecule has 0 aliphatic carbocycles. The van der Waals surface area contributed by atoms with Crippen LogP contribution in [0.1, 0.15) is 15.9 Å². The maximum absolute atomic E-state index is 12.2. The number of aromatic hydroxyl groups is 1. The predicted octanol–water partition coefficient (Wildman–Crippen LogP) is 3.67. The van der Waals surface area contributed by atoms with E-state index in [4.69, 9.17) is 0 Å². The predicted molar refractivity (Wildman–Crippen MR) is 79.0 cm³/mol. The molecule has 1 amide bonds. The first-order valence-electron chi connectivity index (χ1n) is 5.86. The van der Waals surface area contributed by atoms with Crippen LogP contribution >= 0.6 is 11.8 Å². The molecule has 0 bridgehead atoms. The van der Waals surface area contributed by atoms with Gasteiger partial charge in [0.25, 0.3) is 5.91 Å². The lowest BCUT2D eigenvalue weighted by molar-refractivity contribution is 0.102. The molecule has 0 saturated heterocycles. The SMILES string of the molecule is CSc1ccccc1NC(=O)c1cccc(O)c1C. The van der Waals surface area contributed by atoms with Crippen LogP contribution in [0.5, 0.6) is 5.75 Å². The molecular formula is C15H15NO2S. The maximum atomic E-state index is 12.2. The van der Waals surface area contributed by atoms with E-state index in [0.717, 1.165) is 10.6 Å². The summed E-state index contributed by atoms with van der Waals surface area (Å²) in [7, 11) is 0. The van der Waals surface area contributed by atoms with E-state index < -0.39 is 0 Å². The third kappa shape index (κ3) is 2.90. The van der Waals surface area contributed by atoms with Crippen molar-refractivity contribution in [3.8, 4) is 5.75 Å². The zero-order valence-electron chi connectivity index (χ0n) is 10.8. The van der Waals surface area contributed by atoms with Crippen molar-refractivity contribution in [2.45, 2.75) is 11.8 Å². The first-order valence-corrected chi connectivity index (χ1v) is 7.09. The van der Waals surface area contributed by atoms with Crippen molar-refractivity contribution in [3.63, 3.8) is 0 Å². The summed E-state index contributed by atoms with van der Waals surface area (Å²) in [5, 5.41) is 12.5. The van der Waals surface area contributed by atoms with Crippen molar-refractivity contribution in [2.24, 2.45) is 0 Å². The van der Waals surface area contributed by atoms with E-state index in [2.05, 4.69) is 5.32 Å². The Bertz CT molecular complexity index is 611. The molecule has 4 heteroatoms.